The lowest BCUT2D eigenvalue weighted by Crippen LogP contribution is -2.47. The summed E-state index contributed by atoms with van der Waals surface area (Å²) in [5, 5.41) is 6.30. The van der Waals surface area contributed by atoms with Gasteiger partial charge in [-0.1, -0.05) is 24.6 Å². The second kappa shape index (κ2) is 9.32. The van der Waals surface area contributed by atoms with Crippen molar-refractivity contribution in [3.8, 4) is 5.75 Å². The first kappa shape index (κ1) is 22.8. The van der Waals surface area contributed by atoms with Crippen molar-refractivity contribution in [2.45, 2.75) is 77.3 Å². The molecule has 2 saturated carbocycles. The highest BCUT2D eigenvalue weighted by Gasteiger charge is 2.36. The predicted molar refractivity (Wildman–Crippen MR) is 134 cm³/mol. The largest absolute Gasteiger partial charge is 0.496 e. The molecule has 1 aliphatic heterocycles. The Balaban J connectivity index is 1.22. The lowest BCUT2D eigenvalue weighted by molar-refractivity contribution is -0.121. The molecule has 0 radical (unpaired) electrons. The zero-order valence-corrected chi connectivity index (χ0v) is 20.4. The van der Waals surface area contributed by atoms with E-state index in [4.69, 9.17) is 4.74 Å². The van der Waals surface area contributed by atoms with Crippen molar-refractivity contribution >= 4 is 23.3 Å². The van der Waals surface area contributed by atoms with Crippen LogP contribution in [-0.4, -0.2) is 30.0 Å². The molecule has 3 aliphatic rings. The molecule has 0 atom stereocenters. The summed E-state index contributed by atoms with van der Waals surface area (Å²) < 4.78 is 5.37. The van der Waals surface area contributed by atoms with Crippen molar-refractivity contribution in [1.29, 1.82) is 0 Å². The molecule has 2 aliphatic carbocycles. The third-order valence-electron chi connectivity index (χ3n) is 8.13. The van der Waals surface area contributed by atoms with Crippen molar-refractivity contribution in [3.63, 3.8) is 0 Å². The van der Waals surface area contributed by atoms with Gasteiger partial charge in [-0.15, -0.1) is 0 Å². The van der Waals surface area contributed by atoms with Crippen molar-refractivity contribution < 1.29 is 14.3 Å². The van der Waals surface area contributed by atoms with Crippen LogP contribution >= 0.6 is 0 Å². The molecule has 2 aromatic carbocycles. The zero-order valence-electron chi connectivity index (χ0n) is 20.4. The standard InChI is InChI=1S/C28H35N3O3/c1-17-8-14-23(19-5-4-6-19)26-24(17)16-31(28(33)30-26)22-12-9-20(10-13-22)27(32)29-21-11-7-18(2)25(15-21)34-3/h7-8,11,14-15,19-20,22H,4-6,9-10,12-13,16H2,1-3H3,(H,29,32)(H,30,33). The number of anilines is 2. The van der Waals surface area contributed by atoms with Gasteiger partial charge in [-0.2, -0.15) is 0 Å². The maximum absolute atomic E-state index is 13.1. The van der Waals surface area contributed by atoms with Gasteiger partial charge in [-0.05, 0) is 86.6 Å². The van der Waals surface area contributed by atoms with E-state index in [2.05, 4.69) is 29.7 Å². The fourth-order valence-corrected chi connectivity index (χ4v) is 5.69. The Kier molecular flexibility index (Phi) is 6.24. The topological polar surface area (TPSA) is 70.7 Å². The fourth-order valence-electron chi connectivity index (χ4n) is 5.69. The quantitative estimate of drug-likeness (QED) is 0.563. The van der Waals surface area contributed by atoms with Gasteiger partial charge < -0.3 is 20.3 Å². The van der Waals surface area contributed by atoms with E-state index in [0.717, 1.165) is 48.4 Å². The Hall–Kier alpha value is -3.02. The van der Waals surface area contributed by atoms with Crippen molar-refractivity contribution in [2.75, 3.05) is 17.7 Å². The lowest BCUT2D eigenvalue weighted by atomic mass is 9.77. The number of carbonyl (C=O) groups excluding carboxylic acids is 2. The van der Waals surface area contributed by atoms with Crippen LogP contribution in [0.1, 0.15) is 73.1 Å². The van der Waals surface area contributed by atoms with Crippen LogP contribution < -0.4 is 15.4 Å². The Morgan fingerprint density at radius 2 is 1.76 bits per heavy atom. The Morgan fingerprint density at radius 3 is 2.44 bits per heavy atom. The van der Waals surface area contributed by atoms with E-state index in [1.54, 1.807) is 7.11 Å². The number of amides is 3. The third-order valence-corrected chi connectivity index (χ3v) is 8.13. The molecule has 34 heavy (non-hydrogen) atoms. The number of fused-ring (bicyclic) bond motifs is 1. The summed E-state index contributed by atoms with van der Waals surface area (Å²) in [5.74, 6) is 1.38. The first-order chi connectivity index (χ1) is 16.4. The summed E-state index contributed by atoms with van der Waals surface area (Å²) >= 11 is 0. The molecule has 2 aromatic rings. The van der Waals surface area contributed by atoms with Gasteiger partial charge in [0.1, 0.15) is 5.75 Å². The Labute approximate surface area is 202 Å². The summed E-state index contributed by atoms with van der Waals surface area (Å²) in [6.45, 7) is 4.79. The Bertz CT molecular complexity index is 1100. The highest BCUT2D eigenvalue weighted by molar-refractivity contribution is 5.94. The van der Waals surface area contributed by atoms with E-state index >= 15 is 0 Å². The van der Waals surface area contributed by atoms with Gasteiger partial charge in [0.2, 0.25) is 5.91 Å². The number of hydrogen-bond donors (Lipinski definition) is 2. The minimum atomic E-state index is -0.0318. The van der Waals surface area contributed by atoms with Crippen LogP contribution in [0.2, 0.25) is 0 Å². The van der Waals surface area contributed by atoms with E-state index in [-0.39, 0.29) is 23.9 Å². The predicted octanol–water partition coefficient (Wildman–Crippen LogP) is 6.12. The van der Waals surface area contributed by atoms with Gasteiger partial charge in [-0.25, -0.2) is 4.79 Å². The normalized spacial score (nSPS) is 22.4. The van der Waals surface area contributed by atoms with Crippen LogP contribution in [0.5, 0.6) is 5.75 Å². The van der Waals surface area contributed by atoms with Crippen LogP contribution in [0, 0.1) is 19.8 Å². The molecule has 0 spiro atoms. The van der Waals surface area contributed by atoms with Crippen LogP contribution in [-0.2, 0) is 11.3 Å². The van der Waals surface area contributed by atoms with E-state index in [1.165, 1.54) is 36.0 Å². The summed E-state index contributed by atoms with van der Waals surface area (Å²) in [6, 6.07) is 10.3. The fraction of sp³-hybridized carbons (Fsp3) is 0.500. The summed E-state index contributed by atoms with van der Waals surface area (Å²) in [6.07, 6.45) is 6.99. The van der Waals surface area contributed by atoms with Crippen LogP contribution in [0.25, 0.3) is 0 Å². The van der Waals surface area contributed by atoms with Crippen molar-refractivity contribution in [2.24, 2.45) is 5.92 Å². The maximum Gasteiger partial charge on any atom is 0.322 e. The van der Waals surface area contributed by atoms with Crippen molar-refractivity contribution in [1.82, 2.24) is 4.90 Å². The molecular weight excluding hydrogens is 426 g/mol. The number of hydrogen-bond acceptors (Lipinski definition) is 3. The lowest BCUT2D eigenvalue weighted by Gasteiger charge is -2.41. The number of benzene rings is 2. The first-order valence-corrected chi connectivity index (χ1v) is 12.6. The molecule has 6 heteroatoms. The molecule has 3 amide bonds. The SMILES string of the molecule is COc1cc(NC(=O)C2CCC(N3Cc4c(C)ccc(C5CCC5)c4NC3=O)CC2)ccc1C. The second-order valence-corrected chi connectivity index (χ2v) is 10.2. The van der Waals surface area contributed by atoms with Gasteiger partial charge in [0.25, 0.3) is 0 Å². The van der Waals surface area contributed by atoms with Gasteiger partial charge in [-0.3, -0.25) is 4.79 Å². The highest BCUT2D eigenvalue weighted by atomic mass is 16.5. The molecule has 0 aromatic heterocycles. The zero-order chi connectivity index (χ0) is 23.8. The van der Waals surface area contributed by atoms with Gasteiger partial charge in [0.05, 0.1) is 19.3 Å². The average Bonchev–Trinajstić information content (AvgIpc) is 2.81. The van der Waals surface area contributed by atoms with Gasteiger partial charge in [0, 0.05) is 23.7 Å². The number of urea groups is 1. The third kappa shape index (κ3) is 4.26. The number of rotatable bonds is 5. The molecule has 5 rings (SSSR count). The number of nitrogens with one attached hydrogen (secondary N) is 2. The van der Waals surface area contributed by atoms with E-state index in [9.17, 15) is 9.59 Å². The van der Waals surface area contributed by atoms with E-state index in [0.29, 0.717) is 12.5 Å². The molecule has 180 valence electrons. The van der Waals surface area contributed by atoms with Crippen LogP contribution in [0.15, 0.2) is 30.3 Å². The maximum atomic E-state index is 13.1. The van der Waals surface area contributed by atoms with Gasteiger partial charge in [0.15, 0.2) is 0 Å². The van der Waals surface area contributed by atoms with Crippen LogP contribution in [0.3, 0.4) is 0 Å². The minimum Gasteiger partial charge on any atom is -0.496 e. The van der Waals surface area contributed by atoms with Crippen molar-refractivity contribution in [3.05, 3.63) is 52.6 Å². The smallest absolute Gasteiger partial charge is 0.322 e. The molecule has 6 nitrogen and oxygen atoms in total. The first-order valence-electron chi connectivity index (χ1n) is 12.6. The minimum absolute atomic E-state index is 0.0123. The second-order valence-electron chi connectivity index (χ2n) is 10.2. The monoisotopic (exact) mass is 461 g/mol. The molecule has 2 N–H and O–H groups in total. The number of carbonyl (C=O) groups is 2. The summed E-state index contributed by atoms with van der Waals surface area (Å²) in [7, 11) is 1.64. The average molecular weight is 462 g/mol. The number of methoxy groups -OCH3 is 1. The summed E-state index contributed by atoms with van der Waals surface area (Å²) in [4.78, 5) is 28.0. The molecule has 0 unspecified atom stereocenters. The Morgan fingerprint density at radius 1 is 1.03 bits per heavy atom. The van der Waals surface area contributed by atoms with Gasteiger partial charge >= 0.3 is 6.03 Å². The molecular formula is C28H35N3O3. The number of ether oxygens (including phenoxy) is 1. The molecule has 0 bridgehead atoms. The highest BCUT2D eigenvalue weighted by Crippen LogP contribution is 2.44. The number of aryl methyl sites for hydroxylation is 2. The molecule has 1 heterocycles. The molecule has 2 fully saturated rings. The van der Waals surface area contributed by atoms with E-state index in [1.807, 2.05) is 30.0 Å². The number of nitrogens with zero attached hydrogens (tertiary/aromatic N) is 1. The van der Waals surface area contributed by atoms with E-state index < -0.39 is 0 Å². The summed E-state index contributed by atoms with van der Waals surface area (Å²) in [5.41, 5.74) is 6.68. The molecule has 0 saturated heterocycles. The van der Waals surface area contributed by atoms with Crippen LogP contribution in [0.4, 0.5) is 16.2 Å².